The number of carbonyl (C=O) groups excluding carboxylic acids is 1. The molecule has 7 heteroatoms. The number of anilines is 1. The normalized spacial score (nSPS) is 12.4. The van der Waals surface area contributed by atoms with Crippen LogP contribution in [-0.2, 0) is 11.3 Å². The van der Waals surface area contributed by atoms with Gasteiger partial charge in [0.25, 0.3) is 5.56 Å². The van der Waals surface area contributed by atoms with Gasteiger partial charge in [0.1, 0.15) is 19.8 Å². The molecule has 0 unspecified atom stereocenters. The summed E-state index contributed by atoms with van der Waals surface area (Å²) in [6.07, 6.45) is 0. The molecule has 3 aromatic rings. The molecular weight excluding hydrogens is 346 g/mol. The van der Waals surface area contributed by atoms with Crippen LogP contribution in [-0.4, -0.2) is 28.9 Å². The topological polar surface area (TPSA) is 82.5 Å². The van der Waals surface area contributed by atoms with Crippen LogP contribution in [0.4, 0.5) is 5.69 Å². The first-order valence-corrected chi connectivity index (χ1v) is 8.52. The van der Waals surface area contributed by atoms with Gasteiger partial charge in [0.15, 0.2) is 11.5 Å². The molecule has 1 aliphatic rings. The van der Waals surface area contributed by atoms with Gasteiger partial charge in [0.05, 0.1) is 5.69 Å². The zero-order chi connectivity index (χ0) is 18.6. The number of nitrogens with zero attached hydrogens (tertiary/aromatic N) is 2. The molecule has 0 spiro atoms. The minimum absolute atomic E-state index is 0.187. The summed E-state index contributed by atoms with van der Waals surface area (Å²) >= 11 is 0. The number of hydrogen-bond acceptors (Lipinski definition) is 5. The molecule has 1 amide bonds. The first kappa shape index (κ1) is 16.8. The zero-order valence-corrected chi connectivity index (χ0v) is 14.4. The molecule has 0 aliphatic carbocycles. The fourth-order valence-corrected chi connectivity index (χ4v) is 2.78. The van der Waals surface area contributed by atoms with E-state index in [4.69, 9.17) is 9.47 Å². The van der Waals surface area contributed by atoms with E-state index in [1.54, 1.807) is 24.3 Å². The third-order valence-corrected chi connectivity index (χ3v) is 4.06. The average molecular weight is 363 g/mol. The lowest BCUT2D eigenvalue weighted by Gasteiger charge is -2.19. The fourth-order valence-electron chi connectivity index (χ4n) is 2.78. The van der Waals surface area contributed by atoms with E-state index in [2.05, 4.69) is 10.4 Å². The van der Waals surface area contributed by atoms with Crippen molar-refractivity contribution in [3.8, 4) is 22.8 Å². The third kappa shape index (κ3) is 3.82. The molecule has 4 rings (SSSR count). The van der Waals surface area contributed by atoms with Crippen molar-refractivity contribution in [1.82, 2.24) is 9.78 Å². The molecule has 1 aliphatic heterocycles. The van der Waals surface area contributed by atoms with Gasteiger partial charge in [-0.15, -0.1) is 0 Å². The standard InChI is InChI=1S/C20H17N3O4/c24-19(21-15-6-8-17-18(12-15)27-11-10-26-17)13-23-20(25)9-7-16(22-23)14-4-2-1-3-5-14/h1-9,12H,10-11,13H2,(H,21,24). The van der Waals surface area contributed by atoms with E-state index in [0.717, 1.165) is 10.2 Å². The van der Waals surface area contributed by atoms with E-state index in [1.807, 2.05) is 30.3 Å². The molecule has 0 saturated carbocycles. The van der Waals surface area contributed by atoms with Crippen LogP contribution in [0.3, 0.4) is 0 Å². The molecule has 2 aromatic carbocycles. The number of carbonyl (C=O) groups is 1. The summed E-state index contributed by atoms with van der Waals surface area (Å²) in [5.74, 6) is 0.875. The molecule has 136 valence electrons. The molecule has 1 N–H and O–H groups in total. The van der Waals surface area contributed by atoms with Gasteiger partial charge in [0.2, 0.25) is 5.91 Å². The Morgan fingerprint density at radius 1 is 1.00 bits per heavy atom. The summed E-state index contributed by atoms with van der Waals surface area (Å²) in [5.41, 5.74) is 1.73. The summed E-state index contributed by atoms with van der Waals surface area (Å²) in [5, 5.41) is 7.05. The number of fused-ring (bicyclic) bond motifs is 1. The summed E-state index contributed by atoms with van der Waals surface area (Å²) < 4.78 is 12.1. The molecular formula is C20H17N3O4. The second-order valence-corrected chi connectivity index (χ2v) is 5.99. The lowest BCUT2D eigenvalue weighted by Crippen LogP contribution is -2.29. The van der Waals surface area contributed by atoms with Gasteiger partial charge >= 0.3 is 0 Å². The largest absolute Gasteiger partial charge is 0.486 e. The third-order valence-electron chi connectivity index (χ3n) is 4.06. The van der Waals surface area contributed by atoms with Crippen molar-refractivity contribution in [3.05, 3.63) is 71.0 Å². The number of amides is 1. The number of rotatable bonds is 4. The Kier molecular flexibility index (Phi) is 4.57. The lowest BCUT2D eigenvalue weighted by molar-refractivity contribution is -0.117. The average Bonchev–Trinajstić information content (AvgIpc) is 2.70. The van der Waals surface area contributed by atoms with Crippen molar-refractivity contribution in [2.24, 2.45) is 0 Å². The van der Waals surface area contributed by atoms with E-state index in [1.165, 1.54) is 6.07 Å². The van der Waals surface area contributed by atoms with Crippen molar-refractivity contribution in [2.75, 3.05) is 18.5 Å². The lowest BCUT2D eigenvalue weighted by atomic mass is 10.1. The van der Waals surface area contributed by atoms with E-state index in [9.17, 15) is 9.59 Å². The number of nitrogens with one attached hydrogen (secondary N) is 1. The second-order valence-electron chi connectivity index (χ2n) is 5.99. The number of aromatic nitrogens is 2. The van der Waals surface area contributed by atoms with Gasteiger partial charge in [-0.3, -0.25) is 9.59 Å². The monoisotopic (exact) mass is 363 g/mol. The quantitative estimate of drug-likeness (QED) is 0.769. The van der Waals surface area contributed by atoms with Crippen LogP contribution >= 0.6 is 0 Å². The Morgan fingerprint density at radius 2 is 1.78 bits per heavy atom. The first-order valence-electron chi connectivity index (χ1n) is 8.52. The van der Waals surface area contributed by atoms with Crippen LogP contribution in [0.1, 0.15) is 0 Å². The molecule has 2 heterocycles. The minimum Gasteiger partial charge on any atom is -0.486 e. The van der Waals surface area contributed by atoms with Crippen LogP contribution < -0.4 is 20.3 Å². The first-order chi connectivity index (χ1) is 13.2. The van der Waals surface area contributed by atoms with Crippen molar-refractivity contribution in [2.45, 2.75) is 6.54 Å². The Labute approximate surface area is 155 Å². The summed E-state index contributed by atoms with van der Waals surface area (Å²) in [7, 11) is 0. The number of hydrogen-bond donors (Lipinski definition) is 1. The van der Waals surface area contributed by atoms with E-state index < -0.39 is 0 Å². The van der Waals surface area contributed by atoms with Crippen molar-refractivity contribution < 1.29 is 14.3 Å². The molecule has 0 bridgehead atoms. The SMILES string of the molecule is O=C(Cn1nc(-c2ccccc2)ccc1=O)Nc1ccc2c(c1)OCCO2. The molecule has 0 radical (unpaired) electrons. The van der Waals surface area contributed by atoms with Crippen LogP contribution in [0.5, 0.6) is 11.5 Å². The van der Waals surface area contributed by atoms with Gasteiger partial charge in [-0.05, 0) is 18.2 Å². The van der Waals surface area contributed by atoms with Gasteiger partial charge < -0.3 is 14.8 Å². The van der Waals surface area contributed by atoms with Crippen LogP contribution in [0.2, 0.25) is 0 Å². The number of benzene rings is 2. The maximum absolute atomic E-state index is 12.4. The highest BCUT2D eigenvalue weighted by Crippen LogP contribution is 2.32. The zero-order valence-electron chi connectivity index (χ0n) is 14.4. The maximum atomic E-state index is 12.4. The summed E-state index contributed by atoms with van der Waals surface area (Å²) in [6, 6.07) is 17.7. The van der Waals surface area contributed by atoms with E-state index >= 15 is 0 Å². The van der Waals surface area contributed by atoms with Gasteiger partial charge in [0, 0.05) is 23.4 Å². The molecule has 0 saturated heterocycles. The number of ether oxygens (including phenoxy) is 2. The Balaban J connectivity index is 1.50. The highest BCUT2D eigenvalue weighted by molar-refractivity contribution is 5.90. The predicted molar refractivity (Wildman–Crippen MR) is 100.0 cm³/mol. The molecule has 0 atom stereocenters. The van der Waals surface area contributed by atoms with Gasteiger partial charge in [-0.25, -0.2) is 4.68 Å². The molecule has 1 aromatic heterocycles. The Hall–Kier alpha value is -3.61. The van der Waals surface area contributed by atoms with E-state index in [-0.39, 0.29) is 18.0 Å². The highest BCUT2D eigenvalue weighted by atomic mass is 16.6. The van der Waals surface area contributed by atoms with Crippen LogP contribution in [0.25, 0.3) is 11.3 Å². The molecule has 0 fully saturated rings. The molecule has 27 heavy (non-hydrogen) atoms. The van der Waals surface area contributed by atoms with Crippen molar-refractivity contribution in [3.63, 3.8) is 0 Å². The van der Waals surface area contributed by atoms with Crippen molar-refractivity contribution in [1.29, 1.82) is 0 Å². The minimum atomic E-state index is -0.355. The summed E-state index contributed by atoms with van der Waals surface area (Å²) in [4.78, 5) is 24.4. The van der Waals surface area contributed by atoms with Gasteiger partial charge in [-0.1, -0.05) is 30.3 Å². The summed E-state index contributed by atoms with van der Waals surface area (Å²) in [6.45, 7) is 0.787. The molecule has 7 nitrogen and oxygen atoms in total. The highest BCUT2D eigenvalue weighted by Gasteiger charge is 2.13. The maximum Gasteiger partial charge on any atom is 0.267 e. The van der Waals surface area contributed by atoms with E-state index in [0.29, 0.717) is 36.1 Å². The van der Waals surface area contributed by atoms with Crippen LogP contribution in [0, 0.1) is 0 Å². The second kappa shape index (κ2) is 7.33. The Morgan fingerprint density at radius 3 is 2.59 bits per heavy atom. The fraction of sp³-hybridized carbons (Fsp3) is 0.150. The smallest absolute Gasteiger partial charge is 0.267 e. The van der Waals surface area contributed by atoms with Crippen LogP contribution in [0.15, 0.2) is 65.5 Å². The van der Waals surface area contributed by atoms with Crippen molar-refractivity contribution >= 4 is 11.6 Å². The van der Waals surface area contributed by atoms with Gasteiger partial charge in [-0.2, -0.15) is 5.10 Å². The predicted octanol–water partition coefficient (Wildman–Crippen LogP) is 2.32. The Bertz CT molecular complexity index is 1030.